The molecule has 2 N–H and O–H groups in total. The molecule has 1 rings (SSSR count). The van der Waals surface area contributed by atoms with E-state index in [0.29, 0.717) is 6.54 Å². The minimum Gasteiger partial charge on any atom is -0.326 e. The summed E-state index contributed by atoms with van der Waals surface area (Å²) in [6.45, 7) is 4.06. The van der Waals surface area contributed by atoms with Crippen molar-refractivity contribution in [2.24, 2.45) is 5.73 Å². The third kappa shape index (κ3) is 2.64. The van der Waals surface area contributed by atoms with Gasteiger partial charge in [0.25, 0.3) is 0 Å². The molecule has 0 saturated carbocycles. The van der Waals surface area contributed by atoms with Crippen molar-refractivity contribution in [3.63, 3.8) is 0 Å². The van der Waals surface area contributed by atoms with Crippen molar-refractivity contribution in [1.82, 2.24) is 0 Å². The van der Waals surface area contributed by atoms with E-state index in [2.05, 4.69) is 6.58 Å². The molecular weight excluding hydrogens is 177 g/mol. The molecule has 0 fully saturated rings. The molecule has 0 aliphatic carbocycles. The predicted molar refractivity (Wildman–Crippen MR) is 51.7 cm³/mol. The van der Waals surface area contributed by atoms with Gasteiger partial charge in [-0.1, -0.05) is 18.7 Å². The summed E-state index contributed by atoms with van der Waals surface area (Å²) in [7, 11) is 0. The summed E-state index contributed by atoms with van der Waals surface area (Å²) in [6, 6.07) is 6.26. The molecule has 0 atom stereocenters. The van der Waals surface area contributed by atoms with Crippen LogP contribution in [-0.2, 0) is 0 Å². The predicted octanol–water partition coefficient (Wildman–Crippen LogP) is 2.22. The molecule has 3 heteroatoms. The molecule has 0 bridgehead atoms. The first-order chi connectivity index (χ1) is 5.24. The van der Waals surface area contributed by atoms with Gasteiger partial charge in [0, 0.05) is 6.54 Å². The van der Waals surface area contributed by atoms with E-state index in [-0.39, 0.29) is 18.2 Å². The van der Waals surface area contributed by atoms with Crippen molar-refractivity contribution in [3.05, 3.63) is 42.2 Å². The summed E-state index contributed by atoms with van der Waals surface area (Å²) in [5, 5.41) is 0. The molecule has 0 unspecified atom stereocenters. The zero-order valence-corrected chi connectivity index (χ0v) is 7.40. The molecule has 1 nitrogen and oxygen atoms in total. The maximum atomic E-state index is 12.6. The molecule has 0 aromatic heterocycles. The Kier molecular flexibility index (Phi) is 4.55. The lowest BCUT2D eigenvalue weighted by Crippen LogP contribution is -2.00. The average molecular weight is 188 g/mol. The minimum absolute atomic E-state index is 0. The first-order valence-electron chi connectivity index (χ1n) is 3.38. The Morgan fingerprint density at radius 2 is 2.17 bits per heavy atom. The van der Waals surface area contributed by atoms with Gasteiger partial charge in [0.15, 0.2) is 0 Å². The highest BCUT2D eigenvalue weighted by Gasteiger charge is 1.96. The van der Waals surface area contributed by atoms with Crippen LogP contribution >= 0.6 is 12.4 Å². The molecule has 0 amide bonds. The van der Waals surface area contributed by atoms with E-state index in [1.165, 1.54) is 12.1 Å². The van der Waals surface area contributed by atoms with E-state index in [0.717, 1.165) is 11.1 Å². The Balaban J connectivity index is 0.00000121. The highest BCUT2D eigenvalue weighted by atomic mass is 35.5. The molecule has 0 aliphatic rings. The fraction of sp³-hybridized carbons (Fsp3) is 0.111. The van der Waals surface area contributed by atoms with E-state index >= 15 is 0 Å². The monoisotopic (exact) mass is 187 g/mol. The Hall–Kier alpha value is -0.860. The van der Waals surface area contributed by atoms with Crippen molar-refractivity contribution >= 4 is 18.0 Å². The van der Waals surface area contributed by atoms with E-state index < -0.39 is 0 Å². The Labute approximate surface area is 77.5 Å². The molecule has 0 aliphatic heterocycles. The van der Waals surface area contributed by atoms with Crippen molar-refractivity contribution in [2.75, 3.05) is 6.54 Å². The van der Waals surface area contributed by atoms with Gasteiger partial charge in [0.05, 0.1) is 0 Å². The van der Waals surface area contributed by atoms with Crippen LogP contribution in [0.5, 0.6) is 0 Å². The lowest BCUT2D eigenvalue weighted by molar-refractivity contribution is 0.627. The summed E-state index contributed by atoms with van der Waals surface area (Å²) in [5.41, 5.74) is 6.86. The van der Waals surface area contributed by atoms with Gasteiger partial charge in [0.2, 0.25) is 0 Å². The molecule has 66 valence electrons. The smallest absolute Gasteiger partial charge is 0.123 e. The number of hydrogen-bond donors (Lipinski definition) is 1. The molecule has 0 heterocycles. The molecule has 1 aromatic rings. The van der Waals surface area contributed by atoms with Crippen LogP contribution in [0, 0.1) is 5.82 Å². The maximum Gasteiger partial charge on any atom is 0.123 e. The SMILES string of the molecule is C=C(CN)c1cccc(F)c1.Cl. The number of benzene rings is 1. The summed E-state index contributed by atoms with van der Waals surface area (Å²) >= 11 is 0. The zero-order chi connectivity index (χ0) is 8.27. The highest BCUT2D eigenvalue weighted by molar-refractivity contribution is 5.85. The number of hydrogen-bond acceptors (Lipinski definition) is 1. The second-order valence-corrected chi connectivity index (χ2v) is 2.32. The number of rotatable bonds is 2. The van der Waals surface area contributed by atoms with E-state index in [1.54, 1.807) is 12.1 Å². The van der Waals surface area contributed by atoms with Crippen LogP contribution in [-0.4, -0.2) is 6.54 Å². The third-order valence-corrected chi connectivity index (χ3v) is 1.48. The highest BCUT2D eigenvalue weighted by Crippen LogP contribution is 2.11. The van der Waals surface area contributed by atoms with Gasteiger partial charge >= 0.3 is 0 Å². The minimum atomic E-state index is -0.253. The van der Waals surface area contributed by atoms with Gasteiger partial charge < -0.3 is 5.73 Å². The van der Waals surface area contributed by atoms with Gasteiger partial charge in [-0.2, -0.15) is 0 Å². The van der Waals surface area contributed by atoms with E-state index in [1.807, 2.05) is 0 Å². The molecule has 0 spiro atoms. The molecule has 0 radical (unpaired) electrons. The lowest BCUT2D eigenvalue weighted by atomic mass is 10.1. The molecule has 12 heavy (non-hydrogen) atoms. The van der Waals surface area contributed by atoms with E-state index in [9.17, 15) is 4.39 Å². The molecule has 0 saturated heterocycles. The number of halogens is 2. The zero-order valence-electron chi connectivity index (χ0n) is 6.59. The first-order valence-corrected chi connectivity index (χ1v) is 3.38. The topological polar surface area (TPSA) is 26.0 Å². The standard InChI is InChI=1S/C9H10FN.ClH/c1-7(6-11)8-3-2-4-9(10)5-8;/h2-5H,1,6,11H2;1H. The van der Waals surface area contributed by atoms with Gasteiger partial charge in [-0.05, 0) is 23.3 Å². The van der Waals surface area contributed by atoms with Crippen molar-refractivity contribution in [1.29, 1.82) is 0 Å². The lowest BCUT2D eigenvalue weighted by Gasteiger charge is -2.00. The summed E-state index contributed by atoms with van der Waals surface area (Å²) in [6.07, 6.45) is 0. The Bertz CT molecular complexity index is 273. The largest absolute Gasteiger partial charge is 0.326 e. The van der Waals surface area contributed by atoms with Gasteiger partial charge in [-0.25, -0.2) is 4.39 Å². The number of nitrogens with two attached hydrogens (primary N) is 1. The fourth-order valence-electron chi connectivity index (χ4n) is 0.826. The fourth-order valence-corrected chi connectivity index (χ4v) is 0.826. The molecule has 1 aromatic carbocycles. The van der Waals surface area contributed by atoms with Gasteiger partial charge in [-0.15, -0.1) is 12.4 Å². The third-order valence-electron chi connectivity index (χ3n) is 1.48. The second kappa shape index (κ2) is 4.91. The van der Waals surface area contributed by atoms with Crippen LogP contribution in [0.2, 0.25) is 0 Å². The Morgan fingerprint density at radius 3 is 2.67 bits per heavy atom. The average Bonchev–Trinajstić information content (AvgIpc) is 2.03. The summed E-state index contributed by atoms with van der Waals surface area (Å²) in [4.78, 5) is 0. The second-order valence-electron chi connectivity index (χ2n) is 2.32. The normalized spacial score (nSPS) is 8.83. The van der Waals surface area contributed by atoms with Crippen LogP contribution < -0.4 is 5.73 Å². The molecular formula is C9H11ClFN. The maximum absolute atomic E-state index is 12.6. The van der Waals surface area contributed by atoms with Crippen molar-refractivity contribution < 1.29 is 4.39 Å². The van der Waals surface area contributed by atoms with Gasteiger partial charge in [0.1, 0.15) is 5.82 Å². The quantitative estimate of drug-likeness (QED) is 0.755. The summed E-state index contributed by atoms with van der Waals surface area (Å²) in [5.74, 6) is -0.253. The van der Waals surface area contributed by atoms with Gasteiger partial charge in [-0.3, -0.25) is 0 Å². The van der Waals surface area contributed by atoms with E-state index in [4.69, 9.17) is 5.73 Å². The van der Waals surface area contributed by atoms with Crippen molar-refractivity contribution in [3.8, 4) is 0 Å². The Morgan fingerprint density at radius 1 is 1.50 bits per heavy atom. The van der Waals surface area contributed by atoms with Crippen LogP contribution in [0.3, 0.4) is 0 Å². The summed E-state index contributed by atoms with van der Waals surface area (Å²) < 4.78 is 12.6. The van der Waals surface area contributed by atoms with Crippen LogP contribution in [0.25, 0.3) is 5.57 Å². The van der Waals surface area contributed by atoms with Crippen LogP contribution in [0.4, 0.5) is 4.39 Å². The van der Waals surface area contributed by atoms with Crippen LogP contribution in [0.15, 0.2) is 30.8 Å². The first kappa shape index (κ1) is 11.1. The van der Waals surface area contributed by atoms with Crippen molar-refractivity contribution in [2.45, 2.75) is 0 Å². The van der Waals surface area contributed by atoms with Crippen LogP contribution in [0.1, 0.15) is 5.56 Å².